The molecule has 150 valence electrons. The van der Waals surface area contributed by atoms with E-state index in [4.69, 9.17) is 12.2 Å². The standard InChI is InChI=1S/C22H24N4O2S/c1-25-13-15-26(16-14-25)21(28)18-9-5-6-10-19(18)23-22(29)24-20(27)12-11-17-7-3-2-4-8-17/h2-12H,13-16H2,1H3,(H2,23,24,27,29)/b12-11+. The molecule has 0 bridgehead atoms. The predicted molar refractivity (Wildman–Crippen MR) is 120 cm³/mol. The molecule has 0 unspecified atom stereocenters. The highest BCUT2D eigenvalue weighted by molar-refractivity contribution is 7.80. The molecule has 1 aliphatic rings. The van der Waals surface area contributed by atoms with Crippen LogP contribution in [0.3, 0.4) is 0 Å². The predicted octanol–water partition coefficient (Wildman–Crippen LogP) is 2.60. The minimum absolute atomic E-state index is 0.0423. The summed E-state index contributed by atoms with van der Waals surface area (Å²) < 4.78 is 0. The Balaban J connectivity index is 1.61. The van der Waals surface area contributed by atoms with Crippen LogP contribution < -0.4 is 10.6 Å². The molecule has 2 N–H and O–H groups in total. The van der Waals surface area contributed by atoms with E-state index in [2.05, 4.69) is 15.5 Å². The van der Waals surface area contributed by atoms with Crippen LogP contribution in [0.25, 0.3) is 6.08 Å². The number of hydrogen-bond acceptors (Lipinski definition) is 4. The fraction of sp³-hybridized carbons (Fsp3) is 0.227. The van der Waals surface area contributed by atoms with Crippen LogP contribution in [-0.4, -0.2) is 60.0 Å². The summed E-state index contributed by atoms with van der Waals surface area (Å²) in [5.41, 5.74) is 2.03. The number of nitrogens with zero attached hydrogens (tertiary/aromatic N) is 2. The van der Waals surface area contributed by atoms with Crippen molar-refractivity contribution in [1.82, 2.24) is 15.1 Å². The van der Waals surface area contributed by atoms with Gasteiger partial charge in [-0.25, -0.2) is 0 Å². The molecular weight excluding hydrogens is 384 g/mol. The lowest BCUT2D eigenvalue weighted by Gasteiger charge is -2.32. The summed E-state index contributed by atoms with van der Waals surface area (Å²) in [5.74, 6) is -0.381. The van der Waals surface area contributed by atoms with Crippen LogP contribution in [0.15, 0.2) is 60.7 Å². The third-order valence-corrected chi connectivity index (χ3v) is 4.86. The maximum Gasteiger partial charge on any atom is 0.256 e. The topological polar surface area (TPSA) is 64.7 Å². The zero-order valence-electron chi connectivity index (χ0n) is 16.3. The van der Waals surface area contributed by atoms with Crippen LogP contribution in [0.2, 0.25) is 0 Å². The van der Waals surface area contributed by atoms with E-state index in [0.29, 0.717) is 24.3 Å². The van der Waals surface area contributed by atoms with E-state index in [1.165, 1.54) is 6.08 Å². The quantitative estimate of drug-likeness (QED) is 0.601. The highest BCUT2D eigenvalue weighted by Crippen LogP contribution is 2.18. The molecular formula is C22H24N4O2S. The Morgan fingerprint density at radius 2 is 1.62 bits per heavy atom. The molecule has 29 heavy (non-hydrogen) atoms. The Kier molecular flexibility index (Phi) is 7.10. The van der Waals surface area contributed by atoms with Gasteiger partial charge in [0.2, 0.25) is 5.91 Å². The Bertz CT molecular complexity index is 906. The highest BCUT2D eigenvalue weighted by Gasteiger charge is 2.22. The summed E-state index contributed by atoms with van der Waals surface area (Å²) in [6, 6.07) is 16.7. The van der Waals surface area contributed by atoms with Gasteiger partial charge in [0.25, 0.3) is 5.91 Å². The molecule has 7 heteroatoms. The van der Waals surface area contributed by atoms with E-state index >= 15 is 0 Å². The van der Waals surface area contributed by atoms with E-state index in [1.807, 2.05) is 54.4 Å². The van der Waals surface area contributed by atoms with Crippen LogP contribution >= 0.6 is 12.2 Å². The van der Waals surface area contributed by atoms with Gasteiger partial charge in [0.1, 0.15) is 0 Å². The number of benzene rings is 2. The number of piperazine rings is 1. The van der Waals surface area contributed by atoms with Crippen LogP contribution in [0, 0.1) is 0 Å². The van der Waals surface area contributed by atoms with Crippen molar-refractivity contribution in [1.29, 1.82) is 0 Å². The Hall–Kier alpha value is -3.03. The largest absolute Gasteiger partial charge is 0.336 e. The van der Waals surface area contributed by atoms with Crippen molar-refractivity contribution < 1.29 is 9.59 Å². The zero-order chi connectivity index (χ0) is 20.6. The first-order valence-electron chi connectivity index (χ1n) is 9.45. The summed E-state index contributed by atoms with van der Waals surface area (Å²) in [4.78, 5) is 29.1. The number of para-hydroxylation sites is 1. The Labute approximate surface area is 176 Å². The smallest absolute Gasteiger partial charge is 0.256 e. The maximum absolute atomic E-state index is 12.9. The first kappa shape index (κ1) is 20.7. The fourth-order valence-electron chi connectivity index (χ4n) is 3.00. The Morgan fingerprint density at radius 1 is 0.966 bits per heavy atom. The van der Waals surface area contributed by atoms with Gasteiger partial charge in [-0.2, -0.15) is 0 Å². The molecule has 1 saturated heterocycles. The summed E-state index contributed by atoms with van der Waals surface area (Å²) in [6.45, 7) is 3.08. The van der Waals surface area contributed by atoms with E-state index in [9.17, 15) is 9.59 Å². The molecule has 0 atom stereocenters. The van der Waals surface area contributed by atoms with E-state index in [1.54, 1.807) is 18.2 Å². The molecule has 0 radical (unpaired) electrons. The summed E-state index contributed by atoms with van der Waals surface area (Å²) >= 11 is 5.25. The second kappa shape index (κ2) is 9.95. The fourth-order valence-corrected chi connectivity index (χ4v) is 3.21. The maximum atomic E-state index is 12.9. The molecule has 1 aliphatic heterocycles. The van der Waals surface area contributed by atoms with Crippen molar-refractivity contribution in [2.75, 3.05) is 38.5 Å². The summed E-state index contributed by atoms with van der Waals surface area (Å²) in [7, 11) is 2.05. The van der Waals surface area contributed by atoms with E-state index in [-0.39, 0.29) is 16.9 Å². The van der Waals surface area contributed by atoms with Crippen molar-refractivity contribution in [3.63, 3.8) is 0 Å². The molecule has 0 spiro atoms. The average Bonchev–Trinajstić information content (AvgIpc) is 2.73. The van der Waals surface area contributed by atoms with Gasteiger partial charge in [-0.1, -0.05) is 42.5 Å². The van der Waals surface area contributed by atoms with E-state index in [0.717, 1.165) is 18.7 Å². The minimum atomic E-state index is -0.339. The van der Waals surface area contributed by atoms with Gasteiger partial charge in [-0.15, -0.1) is 0 Å². The SMILES string of the molecule is CN1CCN(C(=O)c2ccccc2NC(=S)NC(=O)/C=C/c2ccccc2)CC1. The first-order chi connectivity index (χ1) is 14.0. The van der Waals surface area contributed by atoms with Crippen molar-refractivity contribution >= 4 is 40.9 Å². The minimum Gasteiger partial charge on any atom is -0.336 e. The lowest BCUT2D eigenvalue weighted by Crippen LogP contribution is -2.47. The zero-order valence-corrected chi connectivity index (χ0v) is 17.1. The molecule has 0 saturated carbocycles. The van der Waals surface area contributed by atoms with Crippen LogP contribution in [-0.2, 0) is 4.79 Å². The molecule has 2 amide bonds. The number of hydrogen-bond donors (Lipinski definition) is 2. The van der Waals surface area contributed by atoms with Gasteiger partial charge < -0.3 is 15.1 Å². The lowest BCUT2D eigenvalue weighted by molar-refractivity contribution is -0.115. The first-order valence-corrected chi connectivity index (χ1v) is 9.86. The highest BCUT2D eigenvalue weighted by atomic mass is 32.1. The second-order valence-electron chi connectivity index (χ2n) is 6.83. The van der Waals surface area contributed by atoms with Crippen LogP contribution in [0.4, 0.5) is 5.69 Å². The van der Waals surface area contributed by atoms with Crippen molar-refractivity contribution in [2.24, 2.45) is 0 Å². The number of amides is 2. The van der Waals surface area contributed by atoms with E-state index < -0.39 is 0 Å². The molecule has 0 aliphatic carbocycles. The Morgan fingerprint density at radius 3 is 2.34 bits per heavy atom. The number of carbonyl (C=O) groups is 2. The summed E-state index contributed by atoms with van der Waals surface area (Å²) in [5, 5.41) is 5.73. The lowest BCUT2D eigenvalue weighted by atomic mass is 10.1. The van der Waals surface area contributed by atoms with Gasteiger partial charge in [0.05, 0.1) is 11.3 Å². The van der Waals surface area contributed by atoms with Crippen molar-refractivity contribution in [3.05, 3.63) is 71.8 Å². The van der Waals surface area contributed by atoms with Crippen molar-refractivity contribution in [3.8, 4) is 0 Å². The number of thiocarbonyl (C=S) groups is 1. The summed E-state index contributed by atoms with van der Waals surface area (Å²) in [6.07, 6.45) is 3.13. The van der Waals surface area contributed by atoms with Gasteiger partial charge in [0.15, 0.2) is 5.11 Å². The molecule has 1 heterocycles. The average molecular weight is 409 g/mol. The van der Waals surface area contributed by atoms with Crippen LogP contribution in [0.1, 0.15) is 15.9 Å². The number of rotatable bonds is 4. The number of nitrogens with one attached hydrogen (secondary N) is 2. The van der Waals surface area contributed by atoms with Crippen LogP contribution in [0.5, 0.6) is 0 Å². The third kappa shape index (κ3) is 5.97. The van der Waals surface area contributed by atoms with Gasteiger partial charge in [-0.3, -0.25) is 14.9 Å². The molecule has 1 fully saturated rings. The third-order valence-electron chi connectivity index (χ3n) is 4.66. The van der Waals surface area contributed by atoms with Gasteiger partial charge in [-0.05, 0) is 43.0 Å². The molecule has 2 aromatic carbocycles. The normalized spacial score (nSPS) is 14.6. The molecule has 2 aromatic rings. The number of anilines is 1. The molecule has 0 aromatic heterocycles. The van der Waals surface area contributed by atoms with Crippen molar-refractivity contribution in [2.45, 2.75) is 0 Å². The monoisotopic (exact) mass is 408 g/mol. The van der Waals surface area contributed by atoms with Gasteiger partial charge in [0, 0.05) is 32.3 Å². The second-order valence-corrected chi connectivity index (χ2v) is 7.24. The molecule has 6 nitrogen and oxygen atoms in total. The van der Waals surface area contributed by atoms with Gasteiger partial charge >= 0.3 is 0 Å². The number of carbonyl (C=O) groups excluding carboxylic acids is 2. The molecule has 3 rings (SSSR count). The number of likely N-dealkylation sites (N-methyl/N-ethyl adjacent to an activating group) is 1.